The number of alkyl halides is 6. The normalized spacial score (nSPS) is 12.5. The third-order valence-electron chi connectivity index (χ3n) is 7.43. The Morgan fingerprint density at radius 2 is 0.795 bits per heavy atom. The van der Waals surface area contributed by atoms with Crippen LogP contribution in [0, 0.1) is 13.8 Å². The van der Waals surface area contributed by atoms with Gasteiger partial charge in [0, 0.05) is 60.6 Å². The van der Waals surface area contributed by atoms with Gasteiger partial charge in [0.1, 0.15) is 0 Å². The molecule has 44 heavy (non-hydrogen) atoms. The van der Waals surface area contributed by atoms with E-state index in [2.05, 4.69) is 12.1 Å². The van der Waals surface area contributed by atoms with Crippen LogP contribution in [0.5, 0.6) is 0 Å². The van der Waals surface area contributed by atoms with E-state index in [1.54, 1.807) is 45.3 Å². The average Bonchev–Trinajstić information content (AvgIpc) is 3.77. The highest BCUT2D eigenvalue weighted by Gasteiger charge is 2.32. The molecule has 0 nitrogen and oxygen atoms in total. The number of hydrogen-bond acceptors (Lipinski definition) is 4. The van der Waals surface area contributed by atoms with Gasteiger partial charge in [-0.3, -0.25) is 0 Å². The van der Waals surface area contributed by atoms with Crippen LogP contribution in [0.2, 0.25) is 0 Å². The summed E-state index contributed by atoms with van der Waals surface area (Å²) in [5.74, 6) is 0. The molecule has 7 aromatic rings. The number of aryl methyl sites for hydroxylation is 2. The summed E-state index contributed by atoms with van der Waals surface area (Å²) in [7, 11) is 0. The molecule has 0 atom stereocenters. The van der Waals surface area contributed by atoms with Gasteiger partial charge in [0.05, 0.1) is 11.1 Å². The smallest absolute Gasteiger partial charge is 0.166 e. The second-order valence-electron chi connectivity index (χ2n) is 10.4. The quantitative estimate of drug-likeness (QED) is 0.164. The summed E-state index contributed by atoms with van der Waals surface area (Å²) in [6.45, 7) is 4.04. The van der Waals surface area contributed by atoms with E-state index in [1.807, 2.05) is 38.1 Å². The van der Waals surface area contributed by atoms with Crippen LogP contribution in [-0.2, 0) is 12.4 Å². The van der Waals surface area contributed by atoms with Gasteiger partial charge in [0.15, 0.2) is 0 Å². The first-order valence-corrected chi connectivity index (χ1v) is 16.7. The molecule has 0 aliphatic rings. The third-order valence-corrected chi connectivity index (χ3v) is 12.1. The number of fused-ring (bicyclic) bond motifs is 2. The van der Waals surface area contributed by atoms with Gasteiger partial charge < -0.3 is 0 Å². The Hall–Kier alpha value is -3.44. The molecule has 4 aromatic heterocycles. The van der Waals surface area contributed by atoms with Gasteiger partial charge in [-0.1, -0.05) is 24.3 Å². The Morgan fingerprint density at radius 3 is 1.09 bits per heavy atom. The van der Waals surface area contributed by atoms with Crippen molar-refractivity contribution in [3.05, 3.63) is 106 Å². The lowest BCUT2D eigenvalue weighted by Gasteiger charge is -2.14. The van der Waals surface area contributed by atoms with Crippen molar-refractivity contribution in [2.45, 2.75) is 26.2 Å². The second-order valence-corrected chi connectivity index (χ2v) is 15.1. The fourth-order valence-electron chi connectivity index (χ4n) is 5.37. The highest BCUT2D eigenvalue weighted by molar-refractivity contribution is 7.28. The van der Waals surface area contributed by atoms with Gasteiger partial charge in [0.2, 0.25) is 0 Å². The first-order chi connectivity index (χ1) is 20.9. The number of benzene rings is 3. The summed E-state index contributed by atoms with van der Waals surface area (Å²) in [4.78, 5) is 6.37. The maximum atomic E-state index is 13.5. The van der Waals surface area contributed by atoms with Crippen LogP contribution in [-0.4, -0.2) is 0 Å². The molecule has 0 fully saturated rings. The molecule has 0 saturated carbocycles. The zero-order chi connectivity index (χ0) is 31.0. The monoisotopic (exact) mass is 670 g/mol. The lowest BCUT2D eigenvalue weighted by atomic mass is 9.92. The van der Waals surface area contributed by atoms with Crippen LogP contribution in [0.3, 0.4) is 0 Å². The molecule has 3 aromatic carbocycles. The molecule has 0 N–H and O–H groups in total. The first kappa shape index (κ1) is 29.3. The van der Waals surface area contributed by atoms with Crippen molar-refractivity contribution in [1.29, 1.82) is 0 Å². The molecule has 0 aliphatic carbocycles. The van der Waals surface area contributed by atoms with Crippen LogP contribution >= 0.6 is 45.3 Å². The minimum Gasteiger partial charge on any atom is -0.166 e. The Balaban J connectivity index is 1.57. The molecule has 0 amide bonds. The number of thiophene rings is 4. The van der Waals surface area contributed by atoms with Crippen molar-refractivity contribution in [3.8, 4) is 41.8 Å². The van der Waals surface area contributed by atoms with E-state index in [-0.39, 0.29) is 0 Å². The summed E-state index contributed by atoms with van der Waals surface area (Å²) >= 11 is 6.38. The molecule has 0 saturated heterocycles. The molecule has 10 heteroatoms. The SMILES string of the molecule is Cc1ccc(-c2cc3c(-c4ccc(C(F)(F)F)cc4)c4sc(-c5ccc(C)s5)cc4c(-c4ccc(C(F)(F)F)cc4)c3s2)s1. The largest absolute Gasteiger partial charge is 0.416 e. The fourth-order valence-corrected chi connectivity index (χ4v) is 9.76. The van der Waals surface area contributed by atoms with Crippen LogP contribution in [0.15, 0.2) is 84.9 Å². The lowest BCUT2D eigenvalue weighted by molar-refractivity contribution is -0.138. The molecular formula is C34H20F6S4. The Bertz CT molecular complexity index is 1940. The molecule has 0 bridgehead atoms. The standard InChI is InChI=1S/C34H20F6S4/c1-17-3-13-25(41-17)27-15-23-29(19-5-9-21(10-6-19)33(35,36)37)32-24(16-28(44-32)26-14-4-18(2)42-26)30(31(23)43-27)20-7-11-22(12-8-20)34(38,39)40/h3-16H,1-2H3. The maximum Gasteiger partial charge on any atom is 0.416 e. The summed E-state index contributed by atoms with van der Waals surface area (Å²) < 4.78 is 82.7. The van der Waals surface area contributed by atoms with Crippen molar-refractivity contribution < 1.29 is 26.3 Å². The minimum absolute atomic E-state index is 0.648. The molecule has 0 aliphatic heterocycles. The van der Waals surface area contributed by atoms with E-state index in [4.69, 9.17) is 0 Å². The third kappa shape index (κ3) is 5.17. The topological polar surface area (TPSA) is 0 Å². The van der Waals surface area contributed by atoms with E-state index in [0.29, 0.717) is 11.1 Å². The van der Waals surface area contributed by atoms with E-state index in [1.165, 1.54) is 24.3 Å². The zero-order valence-electron chi connectivity index (χ0n) is 23.0. The van der Waals surface area contributed by atoms with Gasteiger partial charge in [-0.05, 0) is 85.6 Å². The van der Waals surface area contributed by atoms with Gasteiger partial charge >= 0.3 is 12.4 Å². The molecule has 222 valence electrons. The summed E-state index contributed by atoms with van der Waals surface area (Å²) in [6, 6.07) is 22.7. The van der Waals surface area contributed by atoms with Crippen LogP contribution in [0.25, 0.3) is 61.9 Å². The van der Waals surface area contributed by atoms with E-state index in [0.717, 1.165) is 84.8 Å². The van der Waals surface area contributed by atoms with Crippen molar-refractivity contribution in [1.82, 2.24) is 0 Å². The number of halogens is 6. The Morgan fingerprint density at radius 1 is 0.432 bits per heavy atom. The highest BCUT2D eigenvalue weighted by atomic mass is 32.1. The van der Waals surface area contributed by atoms with Gasteiger partial charge in [-0.2, -0.15) is 26.3 Å². The van der Waals surface area contributed by atoms with Crippen molar-refractivity contribution in [2.24, 2.45) is 0 Å². The molecule has 0 radical (unpaired) electrons. The molecule has 4 heterocycles. The Labute approximate surface area is 264 Å². The van der Waals surface area contributed by atoms with Crippen molar-refractivity contribution in [3.63, 3.8) is 0 Å². The van der Waals surface area contributed by atoms with Crippen LogP contribution in [0.1, 0.15) is 20.9 Å². The molecule has 0 unspecified atom stereocenters. The fraction of sp³-hybridized carbons (Fsp3) is 0.118. The molecular weight excluding hydrogens is 651 g/mol. The summed E-state index contributed by atoms with van der Waals surface area (Å²) in [6.07, 6.45) is -8.93. The Kier molecular flexibility index (Phi) is 7.04. The molecule has 0 spiro atoms. The van der Waals surface area contributed by atoms with Crippen molar-refractivity contribution >= 4 is 65.5 Å². The van der Waals surface area contributed by atoms with Gasteiger partial charge in [-0.15, -0.1) is 45.3 Å². The van der Waals surface area contributed by atoms with E-state index in [9.17, 15) is 26.3 Å². The second kappa shape index (κ2) is 10.6. The predicted octanol–water partition coefficient (Wildman–Crippen LogP) is 13.6. The van der Waals surface area contributed by atoms with Gasteiger partial charge in [-0.25, -0.2) is 0 Å². The van der Waals surface area contributed by atoms with Crippen molar-refractivity contribution in [2.75, 3.05) is 0 Å². The summed E-state index contributed by atoms with van der Waals surface area (Å²) in [5.41, 5.74) is 1.48. The average molecular weight is 671 g/mol. The number of rotatable bonds is 4. The van der Waals surface area contributed by atoms with Gasteiger partial charge in [0.25, 0.3) is 0 Å². The summed E-state index contributed by atoms with van der Waals surface area (Å²) in [5, 5.41) is 1.71. The van der Waals surface area contributed by atoms with Crippen LogP contribution in [0.4, 0.5) is 26.3 Å². The van der Waals surface area contributed by atoms with Crippen LogP contribution < -0.4 is 0 Å². The number of hydrogen-bond donors (Lipinski definition) is 0. The minimum atomic E-state index is -4.46. The van der Waals surface area contributed by atoms with E-state index >= 15 is 0 Å². The van der Waals surface area contributed by atoms with E-state index < -0.39 is 23.5 Å². The lowest BCUT2D eigenvalue weighted by Crippen LogP contribution is -2.04. The zero-order valence-corrected chi connectivity index (χ0v) is 26.2. The predicted molar refractivity (Wildman–Crippen MR) is 174 cm³/mol. The molecule has 7 rings (SSSR count). The first-order valence-electron chi connectivity index (χ1n) is 13.4. The maximum absolute atomic E-state index is 13.5. The highest BCUT2D eigenvalue weighted by Crippen LogP contribution is 2.53.